The van der Waals surface area contributed by atoms with Gasteiger partial charge in [0.25, 0.3) is 0 Å². The zero-order valence-electron chi connectivity index (χ0n) is 13.9. The minimum Gasteiger partial charge on any atom is -0.867 e. The van der Waals surface area contributed by atoms with Crippen LogP contribution in [0.2, 0.25) is 10.0 Å². The molecular weight excluding hydrogens is 381 g/mol. The van der Waals surface area contributed by atoms with E-state index in [0.29, 0.717) is 43.2 Å². The maximum absolute atomic E-state index is 13.3. The summed E-state index contributed by atoms with van der Waals surface area (Å²) in [5, 5.41) is 15.4. The van der Waals surface area contributed by atoms with E-state index in [0.717, 1.165) is 5.39 Å². The predicted molar refractivity (Wildman–Crippen MR) is 106 cm³/mol. The van der Waals surface area contributed by atoms with Crippen molar-refractivity contribution in [3.63, 3.8) is 0 Å². The molecule has 0 amide bonds. The van der Waals surface area contributed by atoms with Gasteiger partial charge in [0.05, 0.1) is 21.1 Å². The van der Waals surface area contributed by atoms with Crippen LogP contribution in [-0.2, 0) is 0 Å². The summed E-state index contributed by atoms with van der Waals surface area (Å²) in [4.78, 5) is 9.52. The average Bonchev–Trinajstić information content (AvgIpc) is 2.69. The monoisotopic (exact) mass is 391 g/mol. The average molecular weight is 392 g/mol. The molecular formula is C21H11Cl2N3O. The normalized spacial score (nSPS) is 11.5. The fourth-order valence-electron chi connectivity index (χ4n) is 3.31. The second-order valence-electron chi connectivity index (χ2n) is 6.18. The Morgan fingerprint density at radius 2 is 1.33 bits per heavy atom. The van der Waals surface area contributed by atoms with Crippen molar-refractivity contribution in [2.24, 2.45) is 0 Å². The minimum absolute atomic E-state index is 0.0944. The highest BCUT2D eigenvalue weighted by molar-refractivity contribution is 6.42. The highest BCUT2D eigenvalue weighted by atomic mass is 35.5. The van der Waals surface area contributed by atoms with E-state index in [9.17, 15) is 5.11 Å². The van der Waals surface area contributed by atoms with Gasteiger partial charge in [0.1, 0.15) is 5.52 Å². The van der Waals surface area contributed by atoms with E-state index in [1.807, 2.05) is 54.9 Å². The van der Waals surface area contributed by atoms with Crippen LogP contribution in [0.4, 0.5) is 0 Å². The van der Waals surface area contributed by atoms with Gasteiger partial charge in [-0.1, -0.05) is 53.5 Å². The molecule has 0 N–H and O–H groups in total. The zero-order valence-corrected chi connectivity index (χ0v) is 15.4. The molecule has 0 saturated heterocycles. The van der Waals surface area contributed by atoms with Crippen molar-refractivity contribution in [1.29, 1.82) is 0 Å². The maximum Gasteiger partial charge on any atom is 0.231 e. The van der Waals surface area contributed by atoms with Crippen LogP contribution in [0.15, 0.2) is 67.0 Å². The molecule has 0 aliphatic carbocycles. The molecule has 5 aromatic rings. The Hall–Kier alpha value is -2.95. The lowest BCUT2D eigenvalue weighted by Gasteiger charge is -2.15. The number of rotatable bonds is 1. The maximum atomic E-state index is 13.3. The van der Waals surface area contributed by atoms with Crippen molar-refractivity contribution in [2.45, 2.75) is 0 Å². The SMILES string of the molecule is [O-]c1c(-[n+]2ccccc2)c2nc3cc(Cl)c(Cl)cc3nc2c2ccccc12. The van der Waals surface area contributed by atoms with E-state index >= 15 is 0 Å². The van der Waals surface area contributed by atoms with E-state index in [-0.39, 0.29) is 5.75 Å². The number of fused-ring (bicyclic) bond motifs is 4. The lowest BCUT2D eigenvalue weighted by molar-refractivity contribution is -0.598. The van der Waals surface area contributed by atoms with E-state index < -0.39 is 0 Å². The van der Waals surface area contributed by atoms with Gasteiger partial charge >= 0.3 is 0 Å². The predicted octanol–water partition coefficient (Wildman–Crippen LogP) is 4.59. The summed E-state index contributed by atoms with van der Waals surface area (Å²) in [5.74, 6) is -0.0944. The number of halogens is 2. The number of benzene rings is 3. The molecule has 130 valence electrons. The van der Waals surface area contributed by atoms with Crippen molar-refractivity contribution in [3.05, 3.63) is 77.0 Å². The van der Waals surface area contributed by atoms with Gasteiger partial charge in [0.15, 0.2) is 17.9 Å². The van der Waals surface area contributed by atoms with E-state index in [2.05, 4.69) is 0 Å². The zero-order chi connectivity index (χ0) is 18.5. The molecule has 2 aromatic heterocycles. The fourth-order valence-corrected chi connectivity index (χ4v) is 3.63. The molecule has 2 heterocycles. The summed E-state index contributed by atoms with van der Waals surface area (Å²) in [5.41, 5.74) is 2.86. The summed E-state index contributed by atoms with van der Waals surface area (Å²) in [6.07, 6.45) is 3.65. The first-order valence-corrected chi connectivity index (χ1v) is 9.04. The van der Waals surface area contributed by atoms with Crippen molar-refractivity contribution >= 4 is 56.0 Å². The number of aromatic nitrogens is 3. The Labute approximate surface area is 164 Å². The molecule has 0 saturated carbocycles. The topological polar surface area (TPSA) is 52.7 Å². The van der Waals surface area contributed by atoms with Gasteiger partial charge in [-0.15, -0.1) is 0 Å². The molecule has 0 spiro atoms. The molecule has 3 aromatic carbocycles. The Kier molecular flexibility index (Phi) is 3.64. The summed E-state index contributed by atoms with van der Waals surface area (Å²) >= 11 is 12.3. The van der Waals surface area contributed by atoms with E-state index in [4.69, 9.17) is 33.2 Å². The Bertz CT molecular complexity index is 1350. The third-order valence-corrected chi connectivity index (χ3v) is 5.27. The molecule has 0 aliphatic heterocycles. The highest BCUT2D eigenvalue weighted by Gasteiger charge is 2.19. The summed E-state index contributed by atoms with van der Waals surface area (Å²) < 4.78 is 1.77. The van der Waals surface area contributed by atoms with Crippen LogP contribution >= 0.6 is 23.2 Å². The lowest BCUT2D eigenvalue weighted by Crippen LogP contribution is -2.31. The van der Waals surface area contributed by atoms with Crippen LogP contribution in [0.5, 0.6) is 5.75 Å². The molecule has 6 heteroatoms. The second-order valence-corrected chi connectivity index (χ2v) is 7.00. The first-order chi connectivity index (χ1) is 13.1. The lowest BCUT2D eigenvalue weighted by atomic mass is 10.0. The molecule has 5 rings (SSSR count). The highest BCUT2D eigenvalue weighted by Crippen LogP contribution is 2.36. The molecule has 27 heavy (non-hydrogen) atoms. The van der Waals surface area contributed by atoms with Crippen LogP contribution in [-0.4, -0.2) is 9.97 Å². The standard InChI is InChI=1S/C21H11Cl2N3O/c22-14-10-16-17(11-15(14)23)25-19-18(24-16)12-6-2-3-7-13(12)21(27)20(19)26-8-4-1-5-9-26/h1-11H. The molecule has 0 bridgehead atoms. The number of pyridine rings is 1. The first kappa shape index (κ1) is 16.2. The van der Waals surface area contributed by atoms with Crippen molar-refractivity contribution in [1.82, 2.24) is 9.97 Å². The Balaban J connectivity index is 2.04. The van der Waals surface area contributed by atoms with Crippen LogP contribution in [0, 0.1) is 0 Å². The van der Waals surface area contributed by atoms with Crippen molar-refractivity contribution in [3.8, 4) is 11.4 Å². The molecule has 0 aliphatic rings. The van der Waals surface area contributed by atoms with E-state index in [1.165, 1.54) is 0 Å². The van der Waals surface area contributed by atoms with Crippen LogP contribution < -0.4 is 9.67 Å². The molecule has 4 nitrogen and oxygen atoms in total. The van der Waals surface area contributed by atoms with Gasteiger partial charge in [-0.2, -0.15) is 4.57 Å². The molecule has 0 radical (unpaired) electrons. The Morgan fingerprint density at radius 3 is 2.00 bits per heavy atom. The summed E-state index contributed by atoms with van der Waals surface area (Å²) in [7, 11) is 0. The summed E-state index contributed by atoms with van der Waals surface area (Å²) in [6, 6.07) is 16.4. The fraction of sp³-hybridized carbons (Fsp3) is 0. The first-order valence-electron chi connectivity index (χ1n) is 8.28. The Morgan fingerprint density at radius 1 is 0.741 bits per heavy atom. The quantitative estimate of drug-likeness (QED) is 0.238. The van der Waals surface area contributed by atoms with Crippen LogP contribution in [0.1, 0.15) is 0 Å². The third-order valence-electron chi connectivity index (χ3n) is 4.55. The van der Waals surface area contributed by atoms with Gasteiger partial charge in [-0.05, 0) is 23.3 Å². The number of hydrogen-bond donors (Lipinski definition) is 0. The second kappa shape index (κ2) is 6.05. The smallest absolute Gasteiger partial charge is 0.231 e. The van der Waals surface area contributed by atoms with Gasteiger partial charge in [0, 0.05) is 17.5 Å². The van der Waals surface area contributed by atoms with Crippen LogP contribution in [0.3, 0.4) is 0 Å². The van der Waals surface area contributed by atoms with Gasteiger partial charge < -0.3 is 5.11 Å². The number of nitrogens with zero attached hydrogens (tertiary/aromatic N) is 3. The molecule has 0 atom stereocenters. The van der Waals surface area contributed by atoms with Crippen molar-refractivity contribution < 1.29 is 9.67 Å². The van der Waals surface area contributed by atoms with E-state index in [1.54, 1.807) is 16.7 Å². The minimum atomic E-state index is -0.0944. The van der Waals surface area contributed by atoms with Gasteiger partial charge in [-0.3, -0.25) is 0 Å². The largest absolute Gasteiger partial charge is 0.867 e. The third kappa shape index (κ3) is 2.49. The van der Waals surface area contributed by atoms with Gasteiger partial charge in [-0.25, -0.2) is 9.97 Å². The van der Waals surface area contributed by atoms with Gasteiger partial charge in [0.2, 0.25) is 5.69 Å². The van der Waals surface area contributed by atoms with Crippen molar-refractivity contribution in [2.75, 3.05) is 0 Å². The summed E-state index contributed by atoms with van der Waals surface area (Å²) in [6.45, 7) is 0. The molecule has 0 fully saturated rings. The van der Waals surface area contributed by atoms with Crippen LogP contribution in [0.25, 0.3) is 38.5 Å². The number of hydrogen-bond acceptors (Lipinski definition) is 3. The molecule has 0 unspecified atom stereocenters.